The monoisotopic (exact) mass is 419 g/mol. The van der Waals surface area contributed by atoms with Crippen molar-refractivity contribution < 1.29 is 19.4 Å². The van der Waals surface area contributed by atoms with Gasteiger partial charge in [0, 0.05) is 31.1 Å². The number of amides is 2. The number of likely N-dealkylation sites (tertiary alicyclic amines) is 1. The van der Waals surface area contributed by atoms with Gasteiger partial charge in [0.25, 0.3) is 0 Å². The molecule has 3 N–H and O–H groups in total. The van der Waals surface area contributed by atoms with Crippen LogP contribution in [0.15, 0.2) is 48.5 Å². The summed E-state index contributed by atoms with van der Waals surface area (Å²) in [6.45, 7) is 1.95. The number of phenols is 1. The second kappa shape index (κ2) is 8.32. The van der Waals surface area contributed by atoms with Crippen LogP contribution in [0.3, 0.4) is 0 Å². The lowest BCUT2D eigenvalue weighted by molar-refractivity contribution is -0.139. The number of benzene rings is 2. The summed E-state index contributed by atoms with van der Waals surface area (Å²) >= 11 is 0. The van der Waals surface area contributed by atoms with Crippen molar-refractivity contribution in [2.75, 3.05) is 18.5 Å². The number of nitrogens with one attached hydrogen (secondary N) is 2. The Labute approximate surface area is 181 Å². The SMILES string of the molecule is C#CCO[C@]12C[C@H](C(=O)NCCc3ccc(O)cc3)N(C(C)=O)[C@@H]1Nc1ccccc12. The van der Waals surface area contributed by atoms with Gasteiger partial charge in [-0.15, -0.1) is 6.42 Å². The van der Waals surface area contributed by atoms with E-state index in [1.807, 2.05) is 36.4 Å². The molecule has 160 valence electrons. The molecule has 7 nitrogen and oxygen atoms in total. The third-order valence-corrected chi connectivity index (χ3v) is 5.96. The number of fused-ring (bicyclic) bond motifs is 3. The molecule has 0 aliphatic carbocycles. The summed E-state index contributed by atoms with van der Waals surface area (Å²) in [5.74, 6) is 2.26. The molecule has 0 spiro atoms. The Morgan fingerprint density at radius 2 is 2.03 bits per heavy atom. The summed E-state index contributed by atoms with van der Waals surface area (Å²) in [5, 5.41) is 15.7. The van der Waals surface area contributed by atoms with Crippen molar-refractivity contribution in [3.05, 3.63) is 59.7 Å². The number of hydrogen-bond acceptors (Lipinski definition) is 5. The van der Waals surface area contributed by atoms with E-state index >= 15 is 0 Å². The van der Waals surface area contributed by atoms with Crippen molar-refractivity contribution in [3.8, 4) is 18.1 Å². The molecular weight excluding hydrogens is 394 g/mol. The van der Waals surface area contributed by atoms with Gasteiger partial charge in [-0.3, -0.25) is 9.59 Å². The number of terminal acetylenes is 1. The highest BCUT2D eigenvalue weighted by Crippen LogP contribution is 2.51. The molecular formula is C24H25N3O4. The van der Waals surface area contributed by atoms with E-state index in [4.69, 9.17) is 11.2 Å². The third-order valence-electron chi connectivity index (χ3n) is 5.96. The fourth-order valence-electron chi connectivity index (χ4n) is 4.59. The number of ether oxygens (including phenoxy) is 1. The van der Waals surface area contributed by atoms with Crippen LogP contribution in [0.1, 0.15) is 24.5 Å². The highest BCUT2D eigenvalue weighted by Gasteiger charge is 2.61. The van der Waals surface area contributed by atoms with Gasteiger partial charge >= 0.3 is 0 Å². The van der Waals surface area contributed by atoms with E-state index in [9.17, 15) is 14.7 Å². The Hall–Kier alpha value is -3.50. The number of rotatable bonds is 6. The molecule has 3 atom stereocenters. The van der Waals surface area contributed by atoms with Gasteiger partial charge in [0.05, 0.1) is 0 Å². The largest absolute Gasteiger partial charge is 0.508 e. The van der Waals surface area contributed by atoms with Crippen LogP contribution in [0.25, 0.3) is 0 Å². The van der Waals surface area contributed by atoms with Crippen LogP contribution < -0.4 is 10.6 Å². The molecule has 0 unspecified atom stereocenters. The maximum Gasteiger partial charge on any atom is 0.243 e. The first-order valence-electron chi connectivity index (χ1n) is 10.2. The van der Waals surface area contributed by atoms with Crippen molar-refractivity contribution in [3.63, 3.8) is 0 Å². The normalized spacial score (nSPS) is 23.4. The van der Waals surface area contributed by atoms with E-state index in [2.05, 4.69) is 16.6 Å². The van der Waals surface area contributed by atoms with Crippen molar-refractivity contribution in [1.29, 1.82) is 0 Å². The maximum absolute atomic E-state index is 13.1. The number of nitrogens with zero attached hydrogens (tertiary/aromatic N) is 1. The van der Waals surface area contributed by atoms with E-state index in [0.717, 1.165) is 16.8 Å². The summed E-state index contributed by atoms with van der Waals surface area (Å²) in [4.78, 5) is 27.2. The average Bonchev–Trinajstić information content (AvgIpc) is 3.24. The minimum Gasteiger partial charge on any atom is -0.508 e. The van der Waals surface area contributed by atoms with Gasteiger partial charge in [0.15, 0.2) is 0 Å². The predicted octanol–water partition coefficient (Wildman–Crippen LogP) is 1.97. The van der Waals surface area contributed by atoms with Crippen LogP contribution in [0, 0.1) is 12.3 Å². The van der Waals surface area contributed by atoms with Crippen LogP contribution in [-0.2, 0) is 26.3 Å². The molecule has 0 aromatic heterocycles. The number of hydrogen-bond donors (Lipinski definition) is 3. The highest BCUT2D eigenvalue weighted by atomic mass is 16.5. The molecule has 2 heterocycles. The van der Waals surface area contributed by atoms with Crippen LogP contribution in [0.5, 0.6) is 5.75 Å². The summed E-state index contributed by atoms with van der Waals surface area (Å²) in [7, 11) is 0. The second-order valence-electron chi connectivity index (χ2n) is 7.83. The van der Waals surface area contributed by atoms with Gasteiger partial charge in [0.1, 0.15) is 30.2 Å². The number of carbonyl (C=O) groups is 2. The van der Waals surface area contributed by atoms with Crippen molar-refractivity contribution in [2.45, 2.75) is 37.6 Å². The Balaban J connectivity index is 1.54. The molecule has 4 rings (SSSR count). The van der Waals surface area contributed by atoms with Gasteiger partial charge < -0.3 is 25.4 Å². The molecule has 2 amide bonds. The van der Waals surface area contributed by atoms with E-state index in [1.54, 1.807) is 17.0 Å². The van der Waals surface area contributed by atoms with Crippen LogP contribution in [0.4, 0.5) is 5.69 Å². The quantitative estimate of drug-likeness (QED) is 0.623. The first-order valence-corrected chi connectivity index (χ1v) is 10.2. The van der Waals surface area contributed by atoms with Crippen molar-refractivity contribution >= 4 is 17.5 Å². The predicted molar refractivity (Wildman–Crippen MR) is 116 cm³/mol. The zero-order valence-electron chi connectivity index (χ0n) is 17.3. The Bertz CT molecular complexity index is 1030. The zero-order chi connectivity index (χ0) is 22.0. The smallest absolute Gasteiger partial charge is 0.243 e. The molecule has 2 aliphatic heterocycles. The zero-order valence-corrected chi connectivity index (χ0v) is 17.3. The fraction of sp³-hybridized carbons (Fsp3) is 0.333. The lowest BCUT2D eigenvalue weighted by Gasteiger charge is -2.32. The Morgan fingerprint density at radius 3 is 2.74 bits per heavy atom. The van der Waals surface area contributed by atoms with Crippen molar-refractivity contribution in [2.24, 2.45) is 0 Å². The summed E-state index contributed by atoms with van der Waals surface area (Å²) < 4.78 is 6.14. The average molecular weight is 419 g/mol. The number of carbonyl (C=O) groups excluding carboxylic acids is 2. The molecule has 0 radical (unpaired) electrons. The maximum atomic E-state index is 13.1. The highest BCUT2D eigenvalue weighted by molar-refractivity contribution is 5.89. The van der Waals surface area contributed by atoms with Gasteiger partial charge in [-0.1, -0.05) is 36.3 Å². The molecule has 2 aliphatic rings. The van der Waals surface area contributed by atoms with Gasteiger partial charge in [-0.2, -0.15) is 0 Å². The van der Waals surface area contributed by atoms with Crippen molar-refractivity contribution in [1.82, 2.24) is 10.2 Å². The molecule has 1 saturated heterocycles. The van der Waals surface area contributed by atoms with E-state index < -0.39 is 17.8 Å². The molecule has 31 heavy (non-hydrogen) atoms. The van der Waals surface area contributed by atoms with E-state index in [0.29, 0.717) is 19.4 Å². The molecule has 2 aromatic carbocycles. The van der Waals surface area contributed by atoms with Gasteiger partial charge in [0.2, 0.25) is 11.8 Å². The molecule has 0 saturated carbocycles. The van der Waals surface area contributed by atoms with E-state index in [1.165, 1.54) is 6.92 Å². The number of anilines is 1. The summed E-state index contributed by atoms with van der Waals surface area (Å²) in [6, 6.07) is 13.9. The summed E-state index contributed by atoms with van der Waals surface area (Å²) in [6.07, 6.45) is 5.87. The standard InChI is InChI=1S/C24H25N3O4/c1-3-14-31-24-15-21(22(30)25-13-12-17-8-10-18(29)11-9-17)27(16(2)28)23(24)26-20-7-5-4-6-19(20)24/h1,4-11,21,23,26,29H,12-15H2,2H3,(H,25,30)/t21-,23+,24+/m1/s1. The van der Waals surface area contributed by atoms with Crippen LogP contribution in [-0.4, -0.2) is 47.2 Å². The van der Waals surface area contributed by atoms with Gasteiger partial charge in [-0.25, -0.2) is 0 Å². The van der Waals surface area contributed by atoms with Crippen LogP contribution in [0.2, 0.25) is 0 Å². The first kappa shape index (κ1) is 20.8. The molecule has 2 aromatic rings. The lowest BCUT2D eigenvalue weighted by atomic mass is 9.90. The number of aromatic hydroxyl groups is 1. The van der Waals surface area contributed by atoms with E-state index in [-0.39, 0.29) is 24.2 Å². The van der Waals surface area contributed by atoms with Crippen LogP contribution >= 0.6 is 0 Å². The fourth-order valence-corrected chi connectivity index (χ4v) is 4.59. The first-order chi connectivity index (χ1) is 15.0. The molecule has 0 bridgehead atoms. The van der Waals surface area contributed by atoms with Gasteiger partial charge in [-0.05, 0) is 30.2 Å². The third kappa shape index (κ3) is 3.71. The lowest BCUT2D eigenvalue weighted by Crippen LogP contribution is -2.51. The molecule has 1 fully saturated rings. The Morgan fingerprint density at radius 1 is 1.29 bits per heavy atom. The number of para-hydroxylation sites is 1. The minimum atomic E-state index is -0.881. The minimum absolute atomic E-state index is 0.0768. The summed E-state index contributed by atoms with van der Waals surface area (Å²) in [5.41, 5.74) is 1.89. The number of phenolic OH excluding ortho intramolecular Hbond substituents is 1. The Kier molecular flexibility index (Phi) is 5.57. The topological polar surface area (TPSA) is 90.9 Å². The molecule has 7 heteroatoms. The second-order valence-corrected chi connectivity index (χ2v) is 7.83.